The molecule has 0 aliphatic carbocycles. The van der Waals surface area contributed by atoms with Crippen molar-refractivity contribution in [1.82, 2.24) is 9.88 Å². The quantitative estimate of drug-likeness (QED) is 0.861. The predicted octanol–water partition coefficient (Wildman–Crippen LogP) is 3.73. The van der Waals surface area contributed by atoms with Crippen LogP contribution in [0.4, 0.5) is 5.69 Å². The lowest BCUT2D eigenvalue weighted by atomic mass is 10.0. The molecule has 0 radical (unpaired) electrons. The Morgan fingerprint density at radius 1 is 1.22 bits per heavy atom. The SMILES string of the molecule is Cc1ccc2c(c1)CC(C1CCCN1CCc1ccccn1)=N2. The average molecular weight is 305 g/mol. The predicted molar refractivity (Wildman–Crippen MR) is 94.5 cm³/mol. The molecule has 3 heteroatoms. The lowest BCUT2D eigenvalue weighted by Crippen LogP contribution is -2.37. The molecule has 1 aromatic heterocycles. The lowest BCUT2D eigenvalue weighted by Gasteiger charge is -2.24. The number of aromatic nitrogens is 1. The number of pyridine rings is 1. The number of aliphatic imine (C=N–C) groups is 1. The van der Waals surface area contributed by atoms with Crippen molar-refractivity contribution >= 4 is 11.4 Å². The molecular weight excluding hydrogens is 282 g/mol. The summed E-state index contributed by atoms with van der Waals surface area (Å²) in [7, 11) is 0. The molecule has 0 spiro atoms. The minimum Gasteiger partial charge on any atom is -0.295 e. The van der Waals surface area contributed by atoms with Crippen molar-refractivity contribution in [2.45, 2.75) is 38.6 Å². The summed E-state index contributed by atoms with van der Waals surface area (Å²) in [6.45, 7) is 4.43. The fourth-order valence-corrected chi connectivity index (χ4v) is 3.82. The highest BCUT2D eigenvalue weighted by molar-refractivity contribution is 5.98. The van der Waals surface area contributed by atoms with Gasteiger partial charge in [0.05, 0.1) is 5.69 Å². The molecule has 1 unspecified atom stereocenters. The number of benzene rings is 1. The Bertz CT molecular complexity index is 721. The summed E-state index contributed by atoms with van der Waals surface area (Å²) in [4.78, 5) is 12.0. The number of nitrogens with zero attached hydrogens (tertiary/aromatic N) is 3. The first-order chi connectivity index (χ1) is 11.3. The molecule has 1 saturated heterocycles. The van der Waals surface area contributed by atoms with E-state index in [4.69, 9.17) is 4.99 Å². The van der Waals surface area contributed by atoms with E-state index in [0.29, 0.717) is 6.04 Å². The molecule has 1 fully saturated rings. The first kappa shape index (κ1) is 14.6. The van der Waals surface area contributed by atoms with Crippen molar-refractivity contribution in [3.63, 3.8) is 0 Å². The molecule has 0 amide bonds. The maximum Gasteiger partial charge on any atom is 0.0665 e. The summed E-state index contributed by atoms with van der Waals surface area (Å²) in [5, 5.41) is 0. The normalized spacial score (nSPS) is 20.6. The first-order valence-corrected chi connectivity index (χ1v) is 8.60. The number of likely N-dealkylation sites (tertiary alicyclic amines) is 1. The molecular formula is C20H23N3. The molecule has 118 valence electrons. The summed E-state index contributed by atoms with van der Waals surface area (Å²) in [6, 6.07) is 13.3. The van der Waals surface area contributed by atoms with Crippen LogP contribution in [0, 0.1) is 6.92 Å². The molecule has 4 rings (SSSR count). The van der Waals surface area contributed by atoms with Gasteiger partial charge in [0.1, 0.15) is 0 Å². The van der Waals surface area contributed by atoms with Crippen LogP contribution < -0.4 is 0 Å². The molecule has 1 aromatic carbocycles. The van der Waals surface area contributed by atoms with Crippen LogP contribution in [0.3, 0.4) is 0 Å². The monoisotopic (exact) mass is 305 g/mol. The van der Waals surface area contributed by atoms with E-state index < -0.39 is 0 Å². The highest BCUT2D eigenvalue weighted by Gasteiger charge is 2.31. The van der Waals surface area contributed by atoms with Gasteiger partial charge in [0, 0.05) is 43.0 Å². The maximum atomic E-state index is 4.94. The maximum absolute atomic E-state index is 4.94. The highest BCUT2D eigenvalue weighted by atomic mass is 15.2. The molecule has 2 aliphatic heterocycles. The van der Waals surface area contributed by atoms with E-state index in [1.165, 1.54) is 47.6 Å². The zero-order chi connectivity index (χ0) is 15.6. The standard InChI is InChI=1S/C20H23N3/c1-15-7-8-18-16(13-15)14-19(22-18)20-6-4-11-23(20)12-9-17-5-2-3-10-21-17/h2-3,5,7-8,10,13,20H,4,6,9,11-12,14H2,1H3. The molecule has 3 heterocycles. The van der Waals surface area contributed by atoms with E-state index in [-0.39, 0.29) is 0 Å². The average Bonchev–Trinajstić information content (AvgIpc) is 3.19. The molecule has 1 atom stereocenters. The second-order valence-corrected chi connectivity index (χ2v) is 6.68. The van der Waals surface area contributed by atoms with Gasteiger partial charge in [-0.15, -0.1) is 0 Å². The Balaban J connectivity index is 1.45. The Morgan fingerprint density at radius 3 is 3.04 bits per heavy atom. The number of hydrogen-bond donors (Lipinski definition) is 0. The van der Waals surface area contributed by atoms with Crippen molar-refractivity contribution in [3.8, 4) is 0 Å². The van der Waals surface area contributed by atoms with Crippen LogP contribution in [-0.2, 0) is 12.8 Å². The zero-order valence-electron chi connectivity index (χ0n) is 13.7. The number of aryl methyl sites for hydroxylation is 1. The fraction of sp³-hybridized carbons (Fsp3) is 0.400. The number of hydrogen-bond acceptors (Lipinski definition) is 3. The smallest absolute Gasteiger partial charge is 0.0665 e. The molecule has 0 saturated carbocycles. The minimum atomic E-state index is 0.520. The number of fused-ring (bicyclic) bond motifs is 1. The molecule has 0 N–H and O–H groups in total. The van der Waals surface area contributed by atoms with Crippen LogP contribution in [-0.4, -0.2) is 34.7 Å². The number of rotatable bonds is 4. The van der Waals surface area contributed by atoms with E-state index in [1.54, 1.807) is 0 Å². The Morgan fingerprint density at radius 2 is 2.17 bits per heavy atom. The van der Waals surface area contributed by atoms with Crippen molar-refractivity contribution in [2.24, 2.45) is 4.99 Å². The van der Waals surface area contributed by atoms with Crippen LogP contribution in [0.2, 0.25) is 0 Å². The molecule has 2 aromatic rings. The lowest BCUT2D eigenvalue weighted by molar-refractivity contribution is 0.304. The van der Waals surface area contributed by atoms with Gasteiger partial charge in [-0.05, 0) is 50.1 Å². The third-order valence-corrected chi connectivity index (χ3v) is 5.00. The van der Waals surface area contributed by atoms with Gasteiger partial charge < -0.3 is 0 Å². The summed E-state index contributed by atoms with van der Waals surface area (Å²) in [6.07, 6.45) is 6.46. The largest absolute Gasteiger partial charge is 0.295 e. The van der Waals surface area contributed by atoms with Gasteiger partial charge in [0.25, 0.3) is 0 Å². The van der Waals surface area contributed by atoms with E-state index in [9.17, 15) is 0 Å². The Kier molecular flexibility index (Phi) is 3.96. The van der Waals surface area contributed by atoms with Crippen LogP contribution in [0.5, 0.6) is 0 Å². The van der Waals surface area contributed by atoms with Gasteiger partial charge in [-0.3, -0.25) is 14.9 Å². The molecule has 2 aliphatic rings. The van der Waals surface area contributed by atoms with Gasteiger partial charge in [0.2, 0.25) is 0 Å². The van der Waals surface area contributed by atoms with Crippen molar-refractivity contribution < 1.29 is 0 Å². The third-order valence-electron chi connectivity index (χ3n) is 5.00. The Hall–Kier alpha value is -2.00. The third kappa shape index (κ3) is 3.06. The summed E-state index contributed by atoms with van der Waals surface area (Å²) in [5.74, 6) is 0. The minimum absolute atomic E-state index is 0.520. The van der Waals surface area contributed by atoms with Gasteiger partial charge in [-0.25, -0.2) is 0 Å². The van der Waals surface area contributed by atoms with Crippen LogP contribution in [0.1, 0.15) is 29.7 Å². The summed E-state index contributed by atoms with van der Waals surface area (Å²) < 4.78 is 0. The van der Waals surface area contributed by atoms with Crippen LogP contribution >= 0.6 is 0 Å². The van der Waals surface area contributed by atoms with E-state index in [0.717, 1.165) is 19.4 Å². The van der Waals surface area contributed by atoms with E-state index in [1.807, 2.05) is 12.3 Å². The van der Waals surface area contributed by atoms with Crippen molar-refractivity contribution in [3.05, 3.63) is 59.4 Å². The van der Waals surface area contributed by atoms with Gasteiger partial charge in [-0.2, -0.15) is 0 Å². The summed E-state index contributed by atoms with van der Waals surface area (Å²) in [5.41, 5.74) is 6.46. The van der Waals surface area contributed by atoms with Crippen molar-refractivity contribution in [1.29, 1.82) is 0 Å². The zero-order valence-corrected chi connectivity index (χ0v) is 13.7. The van der Waals surface area contributed by atoms with Crippen molar-refractivity contribution in [2.75, 3.05) is 13.1 Å². The first-order valence-electron chi connectivity index (χ1n) is 8.60. The topological polar surface area (TPSA) is 28.5 Å². The second kappa shape index (κ2) is 6.25. The Labute approximate surface area is 138 Å². The molecule has 3 nitrogen and oxygen atoms in total. The highest BCUT2D eigenvalue weighted by Crippen LogP contribution is 2.32. The summed E-state index contributed by atoms with van der Waals surface area (Å²) >= 11 is 0. The van der Waals surface area contributed by atoms with Gasteiger partial charge in [-0.1, -0.05) is 23.8 Å². The van der Waals surface area contributed by atoms with E-state index >= 15 is 0 Å². The van der Waals surface area contributed by atoms with E-state index in [2.05, 4.69) is 47.1 Å². The fourth-order valence-electron chi connectivity index (χ4n) is 3.82. The second-order valence-electron chi connectivity index (χ2n) is 6.68. The van der Waals surface area contributed by atoms with Gasteiger partial charge >= 0.3 is 0 Å². The molecule has 0 bridgehead atoms. The molecule has 23 heavy (non-hydrogen) atoms. The van der Waals surface area contributed by atoms with Crippen LogP contribution in [0.25, 0.3) is 0 Å². The van der Waals surface area contributed by atoms with Crippen LogP contribution in [0.15, 0.2) is 47.6 Å². The van der Waals surface area contributed by atoms with Gasteiger partial charge in [0.15, 0.2) is 0 Å².